The van der Waals surface area contributed by atoms with Crippen LogP contribution in [-0.4, -0.2) is 39.8 Å². The molecule has 1 N–H and O–H groups in total. The maximum absolute atomic E-state index is 13.2. The summed E-state index contributed by atoms with van der Waals surface area (Å²) in [5.41, 5.74) is 0.543. The van der Waals surface area contributed by atoms with Crippen LogP contribution in [0.1, 0.15) is 33.3 Å². The highest BCUT2D eigenvalue weighted by Crippen LogP contribution is 2.35. The lowest BCUT2D eigenvalue weighted by molar-refractivity contribution is -0.274. The van der Waals surface area contributed by atoms with E-state index < -0.39 is 29.6 Å². The molecule has 0 aliphatic carbocycles. The number of nitrogens with zero attached hydrogens (tertiary/aromatic N) is 3. The normalized spacial score (nSPS) is 16.3. The van der Waals surface area contributed by atoms with Gasteiger partial charge in [-0.15, -0.1) is 13.2 Å². The van der Waals surface area contributed by atoms with Gasteiger partial charge in [0.1, 0.15) is 11.3 Å². The highest BCUT2D eigenvalue weighted by Gasteiger charge is 2.51. The van der Waals surface area contributed by atoms with E-state index in [1.54, 1.807) is 32.3 Å². The molecule has 0 bridgehead atoms. The number of rotatable bonds is 6. The molecule has 1 saturated heterocycles. The van der Waals surface area contributed by atoms with Crippen LogP contribution in [-0.2, 0) is 11.3 Å². The number of nitrogens with one attached hydrogen (secondary N) is 1. The smallest absolute Gasteiger partial charge is 0.406 e. The molecule has 7 nitrogen and oxygen atoms in total. The molecule has 0 unspecified atom stereocenters. The van der Waals surface area contributed by atoms with Crippen molar-refractivity contribution in [2.45, 2.75) is 52.2 Å². The number of carbonyl (C=O) groups excluding carboxylic acids is 2. The van der Waals surface area contributed by atoms with Crippen molar-refractivity contribution in [3.8, 4) is 5.75 Å². The van der Waals surface area contributed by atoms with E-state index in [0.29, 0.717) is 0 Å². The van der Waals surface area contributed by atoms with Gasteiger partial charge in [-0.05, 0) is 63.6 Å². The number of alkyl halides is 3. The van der Waals surface area contributed by atoms with Crippen LogP contribution in [0.5, 0.6) is 5.75 Å². The number of ether oxygens (including phenoxy) is 1. The van der Waals surface area contributed by atoms with Crippen molar-refractivity contribution in [2.24, 2.45) is 0 Å². The zero-order valence-electron chi connectivity index (χ0n) is 17.5. The Balaban J connectivity index is 1.87. The van der Waals surface area contributed by atoms with Gasteiger partial charge in [0.05, 0.1) is 24.1 Å². The van der Waals surface area contributed by atoms with Crippen LogP contribution in [0.4, 0.5) is 29.3 Å². The van der Waals surface area contributed by atoms with Crippen LogP contribution in [0, 0.1) is 0 Å². The molecule has 10 heteroatoms. The van der Waals surface area contributed by atoms with Gasteiger partial charge in [-0.2, -0.15) is 0 Å². The number of anilines is 2. The van der Waals surface area contributed by atoms with Gasteiger partial charge in [-0.25, -0.2) is 9.69 Å². The van der Waals surface area contributed by atoms with Gasteiger partial charge in [0, 0.05) is 12.2 Å². The first-order chi connectivity index (χ1) is 14.4. The predicted octanol–water partition coefficient (Wildman–Crippen LogP) is 4.55. The molecular weight excluding hydrogens is 413 g/mol. The van der Waals surface area contributed by atoms with Crippen molar-refractivity contribution in [1.29, 1.82) is 0 Å². The molecule has 3 rings (SSSR count). The van der Waals surface area contributed by atoms with Crippen LogP contribution >= 0.6 is 0 Å². The van der Waals surface area contributed by atoms with Gasteiger partial charge in [0.15, 0.2) is 0 Å². The van der Waals surface area contributed by atoms with Gasteiger partial charge in [-0.3, -0.25) is 9.78 Å². The minimum absolute atomic E-state index is 0.140. The Labute approximate surface area is 177 Å². The summed E-state index contributed by atoms with van der Waals surface area (Å²) in [5.74, 6) is -0.915. The van der Waals surface area contributed by atoms with Crippen molar-refractivity contribution >= 4 is 23.3 Å². The van der Waals surface area contributed by atoms with Crippen molar-refractivity contribution in [2.75, 3.05) is 10.2 Å². The summed E-state index contributed by atoms with van der Waals surface area (Å²) in [6.07, 6.45) is -1.57. The summed E-state index contributed by atoms with van der Waals surface area (Å²) in [6.45, 7) is 7.36. The molecule has 31 heavy (non-hydrogen) atoms. The minimum atomic E-state index is -4.83. The molecule has 1 fully saturated rings. The van der Waals surface area contributed by atoms with Crippen LogP contribution in [0.2, 0.25) is 0 Å². The van der Waals surface area contributed by atoms with E-state index in [2.05, 4.69) is 15.0 Å². The Bertz CT molecular complexity index is 975. The summed E-state index contributed by atoms with van der Waals surface area (Å²) in [6, 6.07) is 5.96. The third-order valence-corrected chi connectivity index (χ3v) is 4.84. The molecule has 166 valence electrons. The number of halogens is 3. The molecule has 2 heterocycles. The fourth-order valence-corrected chi connectivity index (χ4v) is 3.30. The molecule has 1 aromatic heterocycles. The molecule has 1 aromatic carbocycles. The lowest BCUT2D eigenvalue weighted by atomic mass is 10.0. The fraction of sp³-hybridized carbons (Fsp3) is 0.381. The number of hydrogen-bond donors (Lipinski definition) is 1. The van der Waals surface area contributed by atoms with E-state index in [-0.39, 0.29) is 18.3 Å². The Morgan fingerprint density at radius 1 is 1.13 bits per heavy atom. The molecule has 1 aliphatic rings. The van der Waals surface area contributed by atoms with Crippen molar-refractivity contribution in [3.05, 3.63) is 48.3 Å². The summed E-state index contributed by atoms with van der Waals surface area (Å²) in [4.78, 5) is 32.7. The quantitative estimate of drug-likeness (QED) is 0.673. The molecule has 0 spiro atoms. The second kappa shape index (κ2) is 8.09. The number of hydrogen-bond acceptors (Lipinski definition) is 5. The number of aromatic nitrogens is 1. The first kappa shape index (κ1) is 22.4. The highest BCUT2D eigenvalue weighted by atomic mass is 19.4. The van der Waals surface area contributed by atoms with Gasteiger partial charge in [0.25, 0.3) is 5.91 Å². The second-order valence-electron chi connectivity index (χ2n) is 7.94. The Morgan fingerprint density at radius 2 is 1.77 bits per heavy atom. The largest absolute Gasteiger partial charge is 0.573 e. The zero-order chi connectivity index (χ0) is 23.0. The lowest BCUT2D eigenvalue weighted by Crippen LogP contribution is -2.43. The van der Waals surface area contributed by atoms with Crippen molar-refractivity contribution in [3.63, 3.8) is 0 Å². The van der Waals surface area contributed by atoms with Gasteiger partial charge < -0.3 is 15.0 Å². The SMILES string of the molecule is CC(C)Nc1cnccc1CN1C(=O)N(c2ccc(OC(F)(F)F)cc2)C(=O)C1(C)C. The van der Waals surface area contributed by atoms with E-state index in [4.69, 9.17) is 0 Å². The minimum Gasteiger partial charge on any atom is -0.406 e. The summed E-state index contributed by atoms with van der Waals surface area (Å²) < 4.78 is 41.0. The van der Waals surface area contributed by atoms with Gasteiger partial charge in [0.2, 0.25) is 0 Å². The number of carbonyl (C=O) groups is 2. The average Bonchev–Trinajstić information content (AvgIpc) is 2.82. The van der Waals surface area contributed by atoms with Crippen molar-refractivity contribution < 1.29 is 27.5 Å². The third-order valence-electron chi connectivity index (χ3n) is 4.84. The monoisotopic (exact) mass is 436 g/mol. The standard InChI is InChI=1S/C21H23F3N4O3/c1-13(2)26-17-11-25-10-9-14(17)12-27-19(30)28(18(29)20(27,3)4)15-5-7-16(8-6-15)31-21(22,23)24/h5-11,13,26H,12H2,1-4H3. The number of urea groups is 1. The van der Waals surface area contributed by atoms with E-state index in [0.717, 1.165) is 28.3 Å². The number of benzene rings is 1. The molecule has 0 radical (unpaired) electrons. The van der Waals surface area contributed by atoms with Crippen LogP contribution < -0.4 is 15.0 Å². The van der Waals surface area contributed by atoms with Crippen LogP contribution in [0.15, 0.2) is 42.7 Å². The lowest BCUT2D eigenvalue weighted by Gasteiger charge is -2.28. The Kier molecular flexibility index (Phi) is 5.84. The molecule has 1 aliphatic heterocycles. The zero-order valence-corrected chi connectivity index (χ0v) is 17.5. The topological polar surface area (TPSA) is 74.8 Å². The molecule has 3 amide bonds. The first-order valence-corrected chi connectivity index (χ1v) is 9.61. The summed E-state index contributed by atoms with van der Waals surface area (Å²) >= 11 is 0. The van der Waals surface area contributed by atoms with Gasteiger partial charge in [-0.1, -0.05) is 0 Å². The predicted molar refractivity (Wildman–Crippen MR) is 109 cm³/mol. The number of amides is 3. The second-order valence-corrected chi connectivity index (χ2v) is 7.94. The van der Waals surface area contributed by atoms with Gasteiger partial charge >= 0.3 is 12.4 Å². The Hall–Kier alpha value is -3.30. The average molecular weight is 436 g/mol. The fourth-order valence-electron chi connectivity index (χ4n) is 3.30. The molecule has 0 atom stereocenters. The van der Waals surface area contributed by atoms with E-state index in [1.165, 1.54) is 17.0 Å². The van der Waals surface area contributed by atoms with E-state index >= 15 is 0 Å². The van der Waals surface area contributed by atoms with E-state index in [9.17, 15) is 22.8 Å². The Morgan fingerprint density at radius 3 is 2.35 bits per heavy atom. The summed E-state index contributed by atoms with van der Waals surface area (Å²) in [7, 11) is 0. The molecule has 2 aromatic rings. The maximum Gasteiger partial charge on any atom is 0.573 e. The van der Waals surface area contributed by atoms with Crippen LogP contribution in [0.3, 0.4) is 0 Å². The highest BCUT2D eigenvalue weighted by molar-refractivity contribution is 6.22. The van der Waals surface area contributed by atoms with E-state index in [1.807, 2.05) is 13.8 Å². The maximum atomic E-state index is 13.2. The molecule has 0 saturated carbocycles. The third kappa shape index (κ3) is 4.73. The number of imide groups is 1. The van der Waals surface area contributed by atoms with Crippen molar-refractivity contribution in [1.82, 2.24) is 9.88 Å². The summed E-state index contributed by atoms with van der Waals surface area (Å²) in [5, 5.41) is 3.26. The number of pyridine rings is 1. The van der Waals surface area contributed by atoms with Crippen LogP contribution in [0.25, 0.3) is 0 Å². The first-order valence-electron chi connectivity index (χ1n) is 9.61. The molecular formula is C21H23F3N4O3.